The third-order valence-electron chi connectivity index (χ3n) is 3.04. The SMILES string of the molecule is CC(C)C[C@@H](NCc1cc(Br)c2c(c1)OCO2)C(=O)O. The van der Waals surface area contributed by atoms with Crippen molar-refractivity contribution in [3.05, 3.63) is 22.2 Å². The summed E-state index contributed by atoms with van der Waals surface area (Å²) in [6, 6.07) is 3.24. The van der Waals surface area contributed by atoms with E-state index in [0.717, 1.165) is 10.0 Å². The van der Waals surface area contributed by atoms with Crippen molar-refractivity contribution in [2.45, 2.75) is 32.9 Å². The first-order valence-electron chi connectivity index (χ1n) is 6.51. The van der Waals surface area contributed by atoms with Crippen molar-refractivity contribution in [3.63, 3.8) is 0 Å². The van der Waals surface area contributed by atoms with E-state index in [4.69, 9.17) is 9.47 Å². The molecule has 1 heterocycles. The van der Waals surface area contributed by atoms with Gasteiger partial charge in [-0.05, 0) is 46.0 Å². The lowest BCUT2D eigenvalue weighted by Gasteiger charge is -2.16. The van der Waals surface area contributed by atoms with Crippen molar-refractivity contribution >= 4 is 21.9 Å². The van der Waals surface area contributed by atoms with Crippen molar-refractivity contribution in [3.8, 4) is 11.5 Å². The minimum Gasteiger partial charge on any atom is -0.480 e. The topological polar surface area (TPSA) is 67.8 Å². The average Bonchev–Trinajstić information content (AvgIpc) is 2.82. The summed E-state index contributed by atoms with van der Waals surface area (Å²) in [5.41, 5.74) is 0.955. The molecule has 0 amide bonds. The van der Waals surface area contributed by atoms with E-state index in [1.165, 1.54) is 0 Å². The van der Waals surface area contributed by atoms with Gasteiger partial charge in [0.2, 0.25) is 6.79 Å². The van der Waals surface area contributed by atoms with Crippen LogP contribution in [0.2, 0.25) is 0 Å². The van der Waals surface area contributed by atoms with Crippen LogP contribution in [0, 0.1) is 5.92 Å². The van der Waals surface area contributed by atoms with Crippen LogP contribution < -0.4 is 14.8 Å². The van der Waals surface area contributed by atoms with Crippen LogP contribution >= 0.6 is 15.9 Å². The van der Waals surface area contributed by atoms with Crippen LogP contribution in [-0.4, -0.2) is 23.9 Å². The molecule has 110 valence electrons. The number of benzene rings is 1. The highest BCUT2D eigenvalue weighted by molar-refractivity contribution is 9.10. The first-order valence-corrected chi connectivity index (χ1v) is 7.31. The van der Waals surface area contributed by atoms with Crippen LogP contribution in [-0.2, 0) is 11.3 Å². The number of carbonyl (C=O) groups is 1. The van der Waals surface area contributed by atoms with E-state index in [9.17, 15) is 9.90 Å². The van der Waals surface area contributed by atoms with E-state index in [0.29, 0.717) is 30.4 Å². The smallest absolute Gasteiger partial charge is 0.320 e. The van der Waals surface area contributed by atoms with Gasteiger partial charge < -0.3 is 19.9 Å². The first-order chi connectivity index (χ1) is 9.47. The van der Waals surface area contributed by atoms with Crippen LogP contribution in [0.5, 0.6) is 11.5 Å². The van der Waals surface area contributed by atoms with E-state index in [-0.39, 0.29) is 6.79 Å². The van der Waals surface area contributed by atoms with E-state index < -0.39 is 12.0 Å². The largest absolute Gasteiger partial charge is 0.480 e. The van der Waals surface area contributed by atoms with E-state index in [1.54, 1.807) is 0 Å². The summed E-state index contributed by atoms with van der Waals surface area (Å²) < 4.78 is 11.5. The number of aliphatic carboxylic acids is 1. The molecule has 0 unspecified atom stereocenters. The monoisotopic (exact) mass is 343 g/mol. The second-order valence-electron chi connectivity index (χ2n) is 5.21. The van der Waals surface area contributed by atoms with Gasteiger partial charge in [-0.15, -0.1) is 0 Å². The van der Waals surface area contributed by atoms with Gasteiger partial charge in [0.1, 0.15) is 6.04 Å². The van der Waals surface area contributed by atoms with Crippen molar-refractivity contribution in [2.24, 2.45) is 5.92 Å². The molecule has 2 N–H and O–H groups in total. The number of hydrogen-bond acceptors (Lipinski definition) is 4. The molecule has 2 rings (SSSR count). The molecule has 0 aliphatic carbocycles. The zero-order valence-corrected chi connectivity index (χ0v) is 13.1. The molecule has 0 saturated heterocycles. The van der Waals surface area contributed by atoms with Gasteiger partial charge >= 0.3 is 5.97 Å². The zero-order chi connectivity index (χ0) is 14.7. The molecule has 1 aromatic rings. The maximum atomic E-state index is 11.2. The first kappa shape index (κ1) is 15.1. The van der Waals surface area contributed by atoms with Gasteiger partial charge in [-0.3, -0.25) is 4.79 Å². The Bertz CT molecular complexity index is 504. The average molecular weight is 344 g/mol. The highest BCUT2D eigenvalue weighted by Gasteiger charge is 2.20. The van der Waals surface area contributed by atoms with Gasteiger partial charge in [-0.2, -0.15) is 0 Å². The number of hydrogen-bond donors (Lipinski definition) is 2. The molecule has 0 radical (unpaired) electrons. The van der Waals surface area contributed by atoms with Crippen LogP contribution in [0.25, 0.3) is 0 Å². The summed E-state index contributed by atoms with van der Waals surface area (Å²) in [6.45, 7) is 4.71. The number of halogens is 1. The number of carboxylic acids is 1. The second-order valence-corrected chi connectivity index (χ2v) is 6.07. The third-order valence-corrected chi connectivity index (χ3v) is 3.63. The van der Waals surface area contributed by atoms with Crippen LogP contribution in [0.15, 0.2) is 16.6 Å². The lowest BCUT2D eigenvalue weighted by Crippen LogP contribution is -2.37. The summed E-state index contributed by atoms with van der Waals surface area (Å²) in [7, 11) is 0. The van der Waals surface area contributed by atoms with Crippen molar-refractivity contribution < 1.29 is 19.4 Å². The lowest BCUT2D eigenvalue weighted by molar-refractivity contribution is -0.140. The fourth-order valence-corrected chi connectivity index (χ4v) is 2.71. The Labute approximate surface area is 126 Å². The van der Waals surface area contributed by atoms with Crippen molar-refractivity contribution in [2.75, 3.05) is 6.79 Å². The molecular weight excluding hydrogens is 326 g/mol. The summed E-state index contributed by atoms with van der Waals surface area (Å²) in [6.07, 6.45) is 0.598. The molecule has 0 saturated carbocycles. The minimum atomic E-state index is -0.821. The summed E-state index contributed by atoms with van der Waals surface area (Å²) in [5, 5.41) is 12.3. The molecule has 1 aliphatic rings. The number of nitrogens with one attached hydrogen (secondary N) is 1. The number of carboxylic acid groups (broad SMARTS) is 1. The van der Waals surface area contributed by atoms with Crippen LogP contribution in [0.3, 0.4) is 0 Å². The Kier molecular flexibility index (Phi) is 4.88. The van der Waals surface area contributed by atoms with Gasteiger partial charge in [0.25, 0.3) is 0 Å². The fraction of sp³-hybridized carbons (Fsp3) is 0.500. The minimum absolute atomic E-state index is 0.218. The fourth-order valence-electron chi connectivity index (χ4n) is 2.11. The van der Waals surface area contributed by atoms with Gasteiger partial charge in [0.15, 0.2) is 11.5 Å². The molecule has 1 atom stereocenters. The Morgan fingerprint density at radius 3 is 2.85 bits per heavy atom. The van der Waals surface area contributed by atoms with Gasteiger partial charge in [0, 0.05) is 6.54 Å². The Balaban J connectivity index is 2.03. The van der Waals surface area contributed by atoms with Crippen molar-refractivity contribution in [1.29, 1.82) is 0 Å². The Hall–Kier alpha value is -1.27. The molecule has 0 spiro atoms. The molecule has 6 heteroatoms. The maximum absolute atomic E-state index is 11.2. The van der Waals surface area contributed by atoms with E-state index in [2.05, 4.69) is 21.2 Å². The Morgan fingerprint density at radius 2 is 2.20 bits per heavy atom. The van der Waals surface area contributed by atoms with Crippen LogP contribution in [0.1, 0.15) is 25.8 Å². The quantitative estimate of drug-likeness (QED) is 0.831. The Morgan fingerprint density at radius 1 is 1.45 bits per heavy atom. The van der Waals surface area contributed by atoms with E-state index in [1.807, 2.05) is 26.0 Å². The molecule has 20 heavy (non-hydrogen) atoms. The summed E-state index contributed by atoms with van der Waals surface area (Å²) in [4.78, 5) is 11.2. The molecule has 5 nitrogen and oxygen atoms in total. The molecular formula is C14H18BrNO4. The maximum Gasteiger partial charge on any atom is 0.320 e. The number of fused-ring (bicyclic) bond motifs is 1. The highest BCUT2D eigenvalue weighted by atomic mass is 79.9. The predicted octanol–water partition coefficient (Wildman–Crippen LogP) is 2.77. The zero-order valence-electron chi connectivity index (χ0n) is 11.5. The standard InChI is InChI=1S/C14H18BrNO4/c1-8(2)3-11(14(17)18)16-6-9-4-10(15)13-12(5-9)19-7-20-13/h4-5,8,11,16H,3,6-7H2,1-2H3,(H,17,18)/t11-/m1/s1. The van der Waals surface area contributed by atoms with Gasteiger partial charge in [-0.25, -0.2) is 0 Å². The van der Waals surface area contributed by atoms with Crippen molar-refractivity contribution in [1.82, 2.24) is 5.32 Å². The predicted molar refractivity (Wildman–Crippen MR) is 78.0 cm³/mol. The molecule has 1 aromatic carbocycles. The number of ether oxygens (including phenoxy) is 2. The highest BCUT2D eigenvalue weighted by Crippen LogP contribution is 2.39. The lowest BCUT2D eigenvalue weighted by atomic mass is 10.0. The normalized spacial score (nSPS) is 14.6. The molecule has 1 aliphatic heterocycles. The molecule has 0 fully saturated rings. The second kappa shape index (κ2) is 6.45. The molecule has 0 aromatic heterocycles. The van der Waals surface area contributed by atoms with Gasteiger partial charge in [0.05, 0.1) is 4.47 Å². The molecule has 0 bridgehead atoms. The van der Waals surface area contributed by atoms with Crippen LogP contribution in [0.4, 0.5) is 0 Å². The van der Waals surface area contributed by atoms with Gasteiger partial charge in [-0.1, -0.05) is 13.8 Å². The van der Waals surface area contributed by atoms with E-state index >= 15 is 0 Å². The third kappa shape index (κ3) is 3.64. The summed E-state index contributed by atoms with van der Waals surface area (Å²) in [5.74, 6) is 0.892. The number of rotatable bonds is 6. The summed E-state index contributed by atoms with van der Waals surface area (Å²) >= 11 is 3.43.